The Balaban J connectivity index is 0.000000172. The smallest absolute Gasteiger partial charge is 0.336 e. The molecule has 0 spiro atoms. The number of carboxylic acid groups (broad SMARTS) is 4. The normalized spacial score (nSPS) is 12.8. The van der Waals surface area contributed by atoms with Gasteiger partial charge in [0, 0.05) is 28.6 Å². The third-order valence-corrected chi connectivity index (χ3v) is 12.3. The van der Waals surface area contributed by atoms with Crippen LogP contribution >= 0.6 is 11.6 Å². The molecule has 2 heterocycles. The molecule has 0 saturated carbocycles. The van der Waals surface area contributed by atoms with E-state index in [-0.39, 0.29) is 53.4 Å². The molecule has 2 aliphatic heterocycles. The first-order chi connectivity index (χ1) is 37.8. The molecule has 0 bridgehead atoms. The van der Waals surface area contributed by atoms with Crippen molar-refractivity contribution >= 4 is 93.8 Å². The number of hydrogen-bond donors (Lipinski definition) is 5. The van der Waals surface area contributed by atoms with Crippen LogP contribution in [-0.2, 0) is 20.9 Å². The number of para-hydroxylation sites is 1. The SMILES string of the molecule is CC(C)c1ccc(N(CC(=O)O)C(=O)Nc2cccc(C(=O)O)c2)cc1.O=C(O)c1cccc(N2C(=O)CN(Cc3ccccc3Cl)C2=O)c1.O=C(O)c1cccc(N2C(=O)CN(c3ccc(Oc4ccccc4)cc3)C2=O)c1. The summed E-state index contributed by atoms with van der Waals surface area (Å²) < 4.78 is 5.73. The Bertz CT molecular complexity index is 3450. The van der Waals surface area contributed by atoms with Crippen LogP contribution in [0.2, 0.25) is 5.02 Å². The highest BCUT2D eigenvalue weighted by molar-refractivity contribution is 6.31. The number of imide groups is 2. The van der Waals surface area contributed by atoms with Gasteiger partial charge in [0.25, 0.3) is 11.8 Å². The van der Waals surface area contributed by atoms with Crippen molar-refractivity contribution < 1.29 is 68.3 Å². The third kappa shape index (κ3) is 14.3. The lowest BCUT2D eigenvalue weighted by molar-refractivity contribution is -0.135. The van der Waals surface area contributed by atoms with Gasteiger partial charge in [0.1, 0.15) is 31.1 Å². The second-order valence-corrected chi connectivity index (χ2v) is 18.1. The Morgan fingerprint density at radius 3 is 1.65 bits per heavy atom. The van der Waals surface area contributed by atoms with Gasteiger partial charge >= 0.3 is 42.0 Å². The number of carbonyl (C=O) groups excluding carboxylic acids is 5. The number of aliphatic carboxylic acids is 1. The molecule has 402 valence electrons. The van der Waals surface area contributed by atoms with E-state index in [0.29, 0.717) is 33.8 Å². The van der Waals surface area contributed by atoms with Gasteiger partial charge in [-0.25, -0.2) is 38.6 Å². The maximum atomic E-state index is 12.8. The number of amides is 8. The molecule has 7 aromatic carbocycles. The van der Waals surface area contributed by atoms with E-state index < -0.39 is 60.3 Å². The minimum Gasteiger partial charge on any atom is -0.480 e. The van der Waals surface area contributed by atoms with Gasteiger partial charge in [-0.15, -0.1) is 0 Å². The quantitative estimate of drug-likeness (QED) is 0.0598. The first kappa shape index (κ1) is 56.4. The predicted octanol–water partition coefficient (Wildman–Crippen LogP) is 10.8. The largest absolute Gasteiger partial charge is 0.480 e. The first-order valence-corrected chi connectivity index (χ1v) is 24.4. The fourth-order valence-electron chi connectivity index (χ4n) is 7.97. The average molecular weight is 1090 g/mol. The molecule has 21 heteroatoms. The van der Waals surface area contributed by atoms with Crippen LogP contribution < -0.4 is 29.7 Å². The van der Waals surface area contributed by atoms with Crippen molar-refractivity contribution in [1.29, 1.82) is 0 Å². The predicted molar refractivity (Wildman–Crippen MR) is 293 cm³/mol. The molecule has 2 fully saturated rings. The van der Waals surface area contributed by atoms with Crippen LogP contribution in [0.1, 0.15) is 62.0 Å². The molecule has 20 nitrogen and oxygen atoms in total. The van der Waals surface area contributed by atoms with Crippen LogP contribution in [-0.4, -0.2) is 98.7 Å². The highest BCUT2D eigenvalue weighted by Crippen LogP contribution is 2.31. The fraction of sp³-hybridized carbons (Fsp3) is 0.121. The maximum Gasteiger partial charge on any atom is 0.336 e. The molecule has 79 heavy (non-hydrogen) atoms. The van der Waals surface area contributed by atoms with Gasteiger partial charge < -0.3 is 35.4 Å². The molecule has 0 aromatic heterocycles. The van der Waals surface area contributed by atoms with Crippen molar-refractivity contribution in [3.63, 3.8) is 0 Å². The zero-order valence-corrected chi connectivity index (χ0v) is 42.9. The number of benzene rings is 7. The lowest BCUT2D eigenvalue weighted by Crippen LogP contribution is -2.39. The van der Waals surface area contributed by atoms with E-state index in [2.05, 4.69) is 5.32 Å². The van der Waals surface area contributed by atoms with Gasteiger partial charge in [-0.05, 0) is 126 Å². The number of aromatic carboxylic acids is 3. The van der Waals surface area contributed by atoms with Gasteiger partial charge in [0.05, 0.1) is 28.1 Å². The van der Waals surface area contributed by atoms with Crippen molar-refractivity contribution in [2.45, 2.75) is 26.3 Å². The molecular formula is C58H49ClN6O14. The van der Waals surface area contributed by atoms with Gasteiger partial charge in [0.2, 0.25) is 0 Å². The summed E-state index contributed by atoms with van der Waals surface area (Å²) >= 11 is 6.09. The van der Waals surface area contributed by atoms with Crippen molar-refractivity contribution in [1.82, 2.24) is 4.90 Å². The summed E-state index contributed by atoms with van der Waals surface area (Å²) in [5.74, 6) is -3.76. The summed E-state index contributed by atoms with van der Waals surface area (Å²) in [5.41, 5.74) is 3.56. The van der Waals surface area contributed by atoms with E-state index >= 15 is 0 Å². The van der Waals surface area contributed by atoms with Crippen LogP contribution in [0.5, 0.6) is 11.5 Å². The molecule has 0 radical (unpaired) electrons. The molecule has 8 amide bonds. The van der Waals surface area contributed by atoms with Crippen molar-refractivity contribution in [3.8, 4) is 11.5 Å². The number of hydrogen-bond acceptors (Lipinski definition) is 10. The highest BCUT2D eigenvalue weighted by Gasteiger charge is 2.39. The zero-order chi connectivity index (χ0) is 56.9. The van der Waals surface area contributed by atoms with Gasteiger partial charge in [-0.3, -0.25) is 24.2 Å². The number of halogens is 1. The average Bonchev–Trinajstić information content (AvgIpc) is 3.91. The lowest BCUT2D eigenvalue weighted by Gasteiger charge is -2.22. The number of nitrogens with one attached hydrogen (secondary N) is 1. The summed E-state index contributed by atoms with van der Waals surface area (Å²) in [5, 5.41) is 39.4. The van der Waals surface area contributed by atoms with Gasteiger partial charge in [0.15, 0.2) is 0 Å². The van der Waals surface area contributed by atoms with Crippen LogP contribution in [0.25, 0.3) is 0 Å². The minimum absolute atomic E-state index is 0.00367. The number of nitrogens with zero attached hydrogens (tertiary/aromatic N) is 5. The second kappa shape index (κ2) is 25.5. The van der Waals surface area contributed by atoms with E-state index in [9.17, 15) is 43.2 Å². The molecule has 0 unspecified atom stereocenters. The van der Waals surface area contributed by atoms with Crippen LogP contribution in [0.4, 0.5) is 42.8 Å². The number of ether oxygens (including phenoxy) is 1. The van der Waals surface area contributed by atoms with Crippen LogP contribution in [0.3, 0.4) is 0 Å². The Kier molecular flexibility index (Phi) is 18.2. The van der Waals surface area contributed by atoms with Gasteiger partial charge in [-0.2, -0.15) is 0 Å². The maximum absolute atomic E-state index is 12.8. The standard InChI is InChI=1S/C22H16N2O5.C19H20N2O5.C17H13ClN2O4/c25-20-14-23(22(28)24(20)17-6-4-5-15(13-17)21(26)27)16-9-11-19(12-10-16)29-18-7-2-1-3-8-18;1-12(2)13-6-8-16(9-7-13)21(11-17(22)23)19(26)20-15-5-3-4-14(10-15)18(24)25;18-14-7-2-1-4-12(14)9-19-10-15(21)20(17(19)24)13-6-3-5-11(8-13)16(22)23/h1-13H,14H2,(H,26,27);3-10,12H,11H2,1-2H3,(H,20,26)(H,22,23)(H,24,25);1-8H,9-10H2,(H,22,23). The molecule has 2 aliphatic rings. The topological polar surface area (TPSA) is 272 Å². The monoisotopic (exact) mass is 1090 g/mol. The molecule has 0 aliphatic carbocycles. The number of rotatable bonds is 15. The van der Waals surface area contributed by atoms with Crippen molar-refractivity contribution in [3.05, 3.63) is 209 Å². The zero-order valence-electron chi connectivity index (χ0n) is 42.1. The number of urea groups is 3. The molecule has 0 atom stereocenters. The van der Waals surface area contributed by atoms with Crippen molar-refractivity contribution in [2.75, 3.05) is 44.6 Å². The van der Waals surface area contributed by atoms with E-state index in [0.717, 1.165) is 25.8 Å². The number of anilines is 5. The minimum atomic E-state index is -1.16. The molecule has 5 N–H and O–H groups in total. The molecule has 7 aromatic rings. The Morgan fingerprint density at radius 1 is 0.570 bits per heavy atom. The summed E-state index contributed by atoms with van der Waals surface area (Å²) in [7, 11) is 0. The van der Waals surface area contributed by atoms with E-state index in [4.69, 9.17) is 36.8 Å². The Labute approximate surface area is 456 Å². The van der Waals surface area contributed by atoms with Crippen molar-refractivity contribution in [2.24, 2.45) is 0 Å². The summed E-state index contributed by atoms with van der Waals surface area (Å²) in [6.45, 7) is 3.54. The summed E-state index contributed by atoms with van der Waals surface area (Å²) in [4.78, 5) is 113. The van der Waals surface area contributed by atoms with Crippen LogP contribution in [0.15, 0.2) is 176 Å². The lowest BCUT2D eigenvalue weighted by atomic mass is 10.0. The van der Waals surface area contributed by atoms with E-state index in [1.165, 1.54) is 82.6 Å². The van der Waals surface area contributed by atoms with Gasteiger partial charge in [-0.1, -0.05) is 92.2 Å². The fourth-order valence-corrected chi connectivity index (χ4v) is 8.16. The summed E-state index contributed by atoms with van der Waals surface area (Å²) in [6, 6.07) is 45.8. The second-order valence-electron chi connectivity index (χ2n) is 17.7. The highest BCUT2D eigenvalue weighted by atomic mass is 35.5. The Morgan fingerprint density at radius 2 is 1.09 bits per heavy atom. The summed E-state index contributed by atoms with van der Waals surface area (Å²) in [6.07, 6.45) is 0. The number of carboxylic acids is 4. The van der Waals surface area contributed by atoms with E-state index in [1.54, 1.807) is 60.7 Å². The third-order valence-electron chi connectivity index (χ3n) is 11.9. The van der Waals surface area contributed by atoms with Crippen LogP contribution in [0, 0.1) is 0 Å². The van der Waals surface area contributed by atoms with E-state index in [1.807, 2.05) is 56.3 Å². The molecular weight excluding hydrogens is 1040 g/mol. The molecule has 9 rings (SSSR count). The molecule has 2 saturated heterocycles. The Hall–Kier alpha value is -10.3. The number of carbonyl (C=O) groups is 9. The first-order valence-electron chi connectivity index (χ1n) is 24.0.